The SMILES string of the molecule is O=C(C1CCC2CCCCC2N1)N1CCSCC1. The molecule has 1 saturated carbocycles. The Balaban J connectivity index is 1.57. The van der Waals surface area contributed by atoms with Gasteiger partial charge in [-0.2, -0.15) is 11.8 Å². The van der Waals surface area contributed by atoms with Crippen LogP contribution in [0.2, 0.25) is 0 Å². The van der Waals surface area contributed by atoms with Gasteiger partial charge in [-0.3, -0.25) is 4.79 Å². The second-order valence-electron chi connectivity index (χ2n) is 5.89. The fraction of sp³-hybridized carbons (Fsp3) is 0.929. The summed E-state index contributed by atoms with van der Waals surface area (Å²) in [6, 6.07) is 0.744. The predicted molar refractivity (Wildman–Crippen MR) is 75.8 cm³/mol. The van der Waals surface area contributed by atoms with Crippen molar-refractivity contribution in [1.29, 1.82) is 0 Å². The fourth-order valence-corrected chi connectivity index (χ4v) is 4.60. The lowest BCUT2D eigenvalue weighted by Gasteiger charge is -2.41. The van der Waals surface area contributed by atoms with Crippen LogP contribution >= 0.6 is 11.8 Å². The minimum absolute atomic E-state index is 0.118. The number of piperidine rings is 1. The van der Waals surface area contributed by atoms with E-state index < -0.39 is 0 Å². The molecule has 2 aliphatic heterocycles. The second-order valence-corrected chi connectivity index (χ2v) is 7.11. The predicted octanol–water partition coefficient (Wildman–Crippen LogP) is 1.87. The molecule has 0 spiro atoms. The highest BCUT2D eigenvalue weighted by Gasteiger charge is 2.36. The van der Waals surface area contributed by atoms with E-state index in [4.69, 9.17) is 0 Å². The van der Waals surface area contributed by atoms with Gasteiger partial charge >= 0.3 is 0 Å². The summed E-state index contributed by atoms with van der Waals surface area (Å²) in [5.74, 6) is 3.45. The van der Waals surface area contributed by atoms with Crippen molar-refractivity contribution in [2.45, 2.75) is 50.6 Å². The molecule has 18 heavy (non-hydrogen) atoms. The lowest BCUT2D eigenvalue weighted by atomic mass is 9.77. The van der Waals surface area contributed by atoms with Crippen LogP contribution in [-0.4, -0.2) is 47.5 Å². The zero-order valence-corrected chi connectivity index (χ0v) is 11.9. The van der Waals surface area contributed by atoms with Crippen molar-refractivity contribution in [3.63, 3.8) is 0 Å². The van der Waals surface area contributed by atoms with Gasteiger partial charge in [0.2, 0.25) is 5.91 Å². The number of carbonyl (C=O) groups excluding carboxylic acids is 1. The van der Waals surface area contributed by atoms with Gasteiger partial charge in [-0.1, -0.05) is 12.8 Å². The molecule has 3 atom stereocenters. The first-order valence-corrected chi connectivity index (χ1v) is 8.62. The highest BCUT2D eigenvalue weighted by Crippen LogP contribution is 2.32. The van der Waals surface area contributed by atoms with E-state index in [-0.39, 0.29) is 6.04 Å². The molecule has 3 aliphatic rings. The van der Waals surface area contributed by atoms with E-state index in [0.29, 0.717) is 11.9 Å². The van der Waals surface area contributed by atoms with Gasteiger partial charge in [-0.05, 0) is 31.6 Å². The summed E-state index contributed by atoms with van der Waals surface area (Å²) in [5, 5.41) is 3.65. The largest absolute Gasteiger partial charge is 0.340 e. The second kappa shape index (κ2) is 5.83. The van der Waals surface area contributed by atoms with E-state index in [1.54, 1.807) is 0 Å². The highest BCUT2D eigenvalue weighted by molar-refractivity contribution is 7.99. The van der Waals surface area contributed by atoms with E-state index in [0.717, 1.165) is 36.9 Å². The van der Waals surface area contributed by atoms with E-state index in [1.165, 1.54) is 32.1 Å². The first-order chi connectivity index (χ1) is 8.84. The van der Waals surface area contributed by atoms with Crippen LogP contribution in [0.5, 0.6) is 0 Å². The Hall–Kier alpha value is -0.220. The van der Waals surface area contributed by atoms with Gasteiger partial charge in [0.05, 0.1) is 6.04 Å². The Morgan fingerprint density at radius 1 is 1.06 bits per heavy atom. The summed E-state index contributed by atoms with van der Waals surface area (Å²) in [6.07, 6.45) is 7.71. The lowest BCUT2D eigenvalue weighted by molar-refractivity contribution is -0.134. The molecular formula is C14H24N2OS. The van der Waals surface area contributed by atoms with E-state index in [9.17, 15) is 4.79 Å². The average Bonchev–Trinajstić information content (AvgIpc) is 2.47. The molecular weight excluding hydrogens is 244 g/mol. The molecule has 0 radical (unpaired) electrons. The first kappa shape index (κ1) is 12.8. The Morgan fingerprint density at radius 3 is 2.67 bits per heavy atom. The van der Waals surface area contributed by atoms with Crippen molar-refractivity contribution in [2.75, 3.05) is 24.6 Å². The summed E-state index contributed by atoms with van der Waals surface area (Å²) in [4.78, 5) is 14.6. The third-order valence-corrected chi connectivity index (χ3v) is 5.71. The maximum atomic E-state index is 12.5. The van der Waals surface area contributed by atoms with E-state index in [2.05, 4.69) is 10.2 Å². The van der Waals surface area contributed by atoms with Crippen molar-refractivity contribution in [3.8, 4) is 0 Å². The number of rotatable bonds is 1. The summed E-state index contributed by atoms with van der Waals surface area (Å²) < 4.78 is 0. The number of nitrogens with zero attached hydrogens (tertiary/aromatic N) is 1. The van der Waals surface area contributed by atoms with Crippen molar-refractivity contribution in [3.05, 3.63) is 0 Å². The molecule has 2 heterocycles. The van der Waals surface area contributed by atoms with Gasteiger partial charge in [-0.25, -0.2) is 0 Å². The van der Waals surface area contributed by atoms with E-state index >= 15 is 0 Å². The number of amides is 1. The Labute approximate surface area is 114 Å². The Bertz CT molecular complexity index is 304. The van der Waals surface area contributed by atoms with Crippen LogP contribution in [0.3, 0.4) is 0 Å². The average molecular weight is 268 g/mol. The smallest absolute Gasteiger partial charge is 0.239 e. The molecule has 1 aliphatic carbocycles. The zero-order chi connectivity index (χ0) is 12.4. The van der Waals surface area contributed by atoms with Gasteiger partial charge < -0.3 is 10.2 Å². The van der Waals surface area contributed by atoms with Gasteiger partial charge in [0.15, 0.2) is 0 Å². The van der Waals surface area contributed by atoms with Gasteiger partial charge in [0.25, 0.3) is 0 Å². The molecule has 1 amide bonds. The summed E-state index contributed by atoms with van der Waals surface area (Å²) in [6.45, 7) is 1.91. The number of hydrogen-bond donors (Lipinski definition) is 1. The van der Waals surface area contributed by atoms with Crippen molar-refractivity contribution < 1.29 is 4.79 Å². The van der Waals surface area contributed by atoms with Crippen LogP contribution in [0.1, 0.15) is 38.5 Å². The molecule has 4 heteroatoms. The molecule has 3 nitrogen and oxygen atoms in total. The molecule has 3 fully saturated rings. The third kappa shape index (κ3) is 2.69. The quantitative estimate of drug-likeness (QED) is 0.788. The van der Waals surface area contributed by atoms with Crippen LogP contribution in [0.4, 0.5) is 0 Å². The molecule has 1 N–H and O–H groups in total. The van der Waals surface area contributed by atoms with Crippen LogP contribution in [0.25, 0.3) is 0 Å². The number of thioether (sulfide) groups is 1. The first-order valence-electron chi connectivity index (χ1n) is 7.47. The topological polar surface area (TPSA) is 32.3 Å². The van der Waals surface area contributed by atoms with Crippen molar-refractivity contribution in [1.82, 2.24) is 10.2 Å². The monoisotopic (exact) mass is 268 g/mol. The maximum Gasteiger partial charge on any atom is 0.239 e. The van der Waals surface area contributed by atoms with Gasteiger partial charge in [0.1, 0.15) is 0 Å². The molecule has 3 rings (SSSR count). The molecule has 0 aromatic rings. The number of carbonyl (C=O) groups is 1. The minimum atomic E-state index is 0.118. The number of fused-ring (bicyclic) bond motifs is 1. The Morgan fingerprint density at radius 2 is 1.83 bits per heavy atom. The summed E-state index contributed by atoms with van der Waals surface area (Å²) >= 11 is 1.97. The maximum absolute atomic E-state index is 12.5. The van der Waals surface area contributed by atoms with Crippen LogP contribution in [0.15, 0.2) is 0 Å². The van der Waals surface area contributed by atoms with Crippen molar-refractivity contribution in [2.24, 2.45) is 5.92 Å². The molecule has 0 aromatic heterocycles. The zero-order valence-electron chi connectivity index (χ0n) is 11.1. The highest BCUT2D eigenvalue weighted by atomic mass is 32.2. The molecule has 0 aromatic carbocycles. The third-order valence-electron chi connectivity index (χ3n) is 4.77. The van der Waals surface area contributed by atoms with Gasteiger partial charge in [-0.15, -0.1) is 0 Å². The summed E-state index contributed by atoms with van der Waals surface area (Å²) in [5.41, 5.74) is 0. The van der Waals surface area contributed by atoms with Crippen molar-refractivity contribution >= 4 is 17.7 Å². The van der Waals surface area contributed by atoms with Crippen LogP contribution in [-0.2, 0) is 4.79 Å². The number of nitrogens with one attached hydrogen (secondary N) is 1. The van der Waals surface area contributed by atoms with Crippen LogP contribution in [0, 0.1) is 5.92 Å². The van der Waals surface area contributed by atoms with Gasteiger partial charge in [0, 0.05) is 30.6 Å². The normalized spacial score (nSPS) is 37.1. The summed E-state index contributed by atoms with van der Waals surface area (Å²) in [7, 11) is 0. The number of hydrogen-bond acceptors (Lipinski definition) is 3. The standard InChI is InChI=1S/C14H24N2OS/c17-14(16-7-9-18-10-8-16)13-6-5-11-3-1-2-4-12(11)15-13/h11-13,15H,1-10H2. The molecule has 3 unspecified atom stereocenters. The minimum Gasteiger partial charge on any atom is -0.340 e. The van der Waals surface area contributed by atoms with E-state index in [1.807, 2.05) is 11.8 Å². The molecule has 102 valence electrons. The van der Waals surface area contributed by atoms with Crippen LogP contribution < -0.4 is 5.32 Å². The Kier molecular flexibility index (Phi) is 4.14. The lowest BCUT2D eigenvalue weighted by Crippen LogP contribution is -2.56. The molecule has 2 saturated heterocycles. The fourth-order valence-electron chi connectivity index (χ4n) is 3.69. The molecule has 0 bridgehead atoms.